The van der Waals surface area contributed by atoms with Gasteiger partial charge in [0, 0.05) is 12.6 Å². The Morgan fingerprint density at radius 3 is 2.81 bits per heavy atom. The summed E-state index contributed by atoms with van der Waals surface area (Å²) in [6, 6.07) is 10.5. The third-order valence-corrected chi connectivity index (χ3v) is 5.47. The number of aliphatic hydroxyl groups excluding tert-OH is 1. The van der Waals surface area contributed by atoms with Crippen molar-refractivity contribution in [3.05, 3.63) is 57.8 Å². The average Bonchev–Trinajstić information content (AvgIpc) is 3.08. The van der Waals surface area contributed by atoms with Gasteiger partial charge in [0.05, 0.1) is 24.7 Å². The van der Waals surface area contributed by atoms with Gasteiger partial charge in [-0.2, -0.15) is 11.3 Å². The summed E-state index contributed by atoms with van der Waals surface area (Å²) in [6.45, 7) is 2.40. The van der Waals surface area contributed by atoms with Crippen LogP contribution in [0.5, 0.6) is 0 Å². The van der Waals surface area contributed by atoms with Crippen molar-refractivity contribution in [2.45, 2.75) is 24.0 Å². The Kier molecular flexibility index (Phi) is 3.34. The van der Waals surface area contributed by atoms with E-state index in [0.717, 1.165) is 31.7 Å². The summed E-state index contributed by atoms with van der Waals surface area (Å²) in [5.41, 5.74) is 3.78. The van der Waals surface area contributed by atoms with Crippen LogP contribution in [0.2, 0.25) is 0 Å². The smallest absolute Gasteiger partial charge is 0.0948 e. The molecule has 4 heteroatoms. The fourth-order valence-electron chi connectivity index (χ4n) is 3.37. The van der Waals surface area contributed by atoms with Gasteiger partial charge in [-0.25, -0.2) is 0 Å². The molecule has 3 nitrogen and oxygen atoms in total. The van der Waals surface area contributed by atoms with Crippen molar-refractivity contribution in [3.63, 3.8) is 0 Å². The first-order valence-corrected chi connectivity index (χ1v) is 8.32. The van der Waals surface area contributed by atoms with Crippen LogP contribution in [-0.4, -0.2) is 30.9 Å². The lowest BCUT2D eigenvalue weighted by molar-refractivity contribution is -0.0612. The number of aliphatic hydroxyl groups is 1. The Morgan fingerprint density at radius 2 is 2.14 bits per heavy atom. The van der Waals surface area contributed by atoms with Gasteiger partial charge in [-0.1, -0.05) is 24.3 Å². The van der Waals surface area contributed by atoms with Crippen molar-refractivity contribution in [1.29, 1.82) is 0 Å². The van der Waals surface area contributed by atoms with Gasteiger partial charge >= 0.3 is 0 Å². The molecule has 0 saturated carbocycles. The third-order valence-electron chi connectivity index (χ3n) is 4.79. The lowest BCUT2D eigenvalue weighted by Crippen LogP contribution is -2.55. The summed E-state index contributed by atoms with van der Waals surface area (Å²) < 4.78 is 5.47. The molecule has 2 unspecified atom stereocenters. The molecule has 1 saturated heterocycles. The minimum absolute atomic E-state index is 0.0918. The van der Waals surface area contributed by atoms with E-state index in [0.29, 0.717) is 0 Å². The van der Waals surface area contributed by atoms with Crippen LogP contribution >= 0.6 is 11.3 Å². The van der Waals surface area contributed by atoms with Gasteiger partial charge in [0.15, 0.2) is 0 Å². The molecule has 110 valence electrons. The Balaban J connectivity index is 1.46. The second-order valence-corrected chi connectivity index (χ2v) is 6.90. The quantitative estimate of drug-likeness (QED) is 0.910. The molecule has 2 atom stereocenters. The molecule has 0 spiro atoms. The molecule has 1 aromatic carbocycles. The van der Waals surface area contributed by atoms with Crippen molar-refractivity contribution in [2.24, 2.45) is 0 Å². The molecule has 1 aliphatic carbocycles. The fraction of sp³-hybridized carbons (Fsp3) is 0.412. The first kappa shape index (κ1) is 13.5. The second kappa shape index (κ2) is 5.21. The molecule has 0 bridgehead atoms. The van der Waals surface area contributed by atoms with Gasteiger partial charge in [-0.3, -0.25) is 0 Å². The third kappa shape index (κ3) is 2.23. The summed E-state index contributed by atoms with van der Waals surface area (Å²) in [7, 11) is 0. The fourth-order valence-corrected chi connectivity index (χ4v) is 4.15. The van der Waals surface area contributed by atoms with Crippen LogP contribution in [-0.2, 0) is 16.6 Å². The van der Waals surface area contributed by atoms with E-state index in [-0.39, 0.29) is 11.5 Å². The molecular formula is C17H19NO2S. The molecular weight excluding hydrogens is 282 g/mol. The number of nitrogens with one attached hydrogen (secondary N) is 1. The van der Waals surface area contributed by atoms with Crippen LogP contribution in [0, 0.1) is 0 Å². The molecule has 2 aromatic rings. The molecule has 0 radical (unpaired) electrons. The predicted molar refractivity (Wildman–Crippen MR) is 83.7 cm³/mol. The van der Waals surface area contributed by atoms with E-state index in [9.17, 15) is 5.11 Å². The maximum absolute atomic E-state index is 10.5. The van der Waals surface area contributed by atoms with Crippen LogP contribution < -0.4 is 5.32 Å². The Morgan fingerprint density at radius 1 is 1.29 bits per heavy atom. The number of ether oxygens (including phenoxy) is 1. The van der Waals surface area contributed by atoms with Crippen molar-refractivity contribution < 1.29 is 9.84 Å². The number of thiophene rings is 1. The topological polar surface area (TPSA) is 41.5 Å². The molecule has 1 aromatic heterocycles. The van der Waals surface area contributed by atoms with E-state index in [1.165, 1.54) is 11.1 Å². The average molecular weight is 301 g/mol. The number of fused-ring (bicyclic) bond motifs is 1. The summed E-state index contributed by atoms with van der Waals surface area (Å²) in [5, 5.41) is 18.4. The monoisotopic (exact) mass is 301 g/mol. The highest BCUT2D eigenvalue weighted by molar-refractivity contribution is 7.08. The zero-order valence-electron chi connectivity index (χ0n) is 11.8. The van der Waals surface area contributed by atoms with Gasteiger partial charge < -0.3 is 15.2 Å². The van der Waals surface area contributed by atoms with E-state index >= 15 is 0 Å². The number of benzene rings is 1. The molecule has 21 heavy (non-hydrogen) atoms. The van der Waals surface area contributed by atoms with Gasteiger partial charge in [0.25, 0.3) is 0 Å². The minimum atomic E-state index is -0.401. The predicted octanol–water partition coefficient (Wildman–Crippen LogP) is 2.26. The molecule has 4 rings (SSSR count). The Bertz CT molecular complexity index is 621. The summed E-state index contributed by atoms with van der Waals surface area (Å²) in [4.78, 5) is 0. The van der Waals surface area contributed by atoms with Gasteiger partial charge in [0.1, 0.15) is 0 Å². The van der Waals surface area contributed by atoms with E-state index in [4.69, 9.17) is 4.74 Å². The van der Waals surface area contributed by atoms with Crippen molar-refractivity contribution in [3.8, 4) is 0 Å². The second-order valence-electron chi connectivity index (χ2n) is 6.12. The number of hydrogen-bond acceptors (Lipinski definition) is 4. The van der Waals surface area contributed by atoms with Crippen molar-refractivity contribution >= 4 is 11.3 Å². The lowest BCUT2D eigenvalue weighted by Gasteiger charge is -2.42. The largest absolute Gasteiger partial charge is 0.387 e. The van der Waals surface area contributed by atoms with Gasteiger partial charge in [-0.15, -0.1) is 0 Å². The van der Waals surface area contributed by atoms with E-state index in [2.05, 4.69) is 28.2 Å². The maximum Gasteiger partial charge on any atom is 0.0948 e. The SMILES string of the molecule is OC1c2ccccc2CC1NCC1(c2ccsc2)COC1. The standard InChI is InChI=1S/C17H19NO2S/c19-16-14-4-2-1-3-12(14)7-15(16)18-9-17(10-20-11-17)13-5-6-21-8-13/h1-6,8,15-16,18-19H,7,9-11H2. The highest BCUT2D eigenvalue weighted by Crippen LogP contribution is 2.35. The molecule has 0 amide bonds. The summed E-state index contributed by atoms with van der Waals surface area (Å²) in [5.74, 6) is 0. The van der Waals surface area contributed by atoms with Crippen molar-refractivity contribution in [1.82, 2.24) is 5.32 Å². The van der Waals surface area contributed by atoms with Crippen LogP contribution in [0.4, 0.5) is 0 Å². The zero-order valence-corrected chi connectivity index (χ0v) is 12.6. The summed E-state index contributed by atoms with van der Waals surface area (Å²) >= 11 is 1.73. The van der Waals surface area contributed by atoms with Crippen LogP contribution in [0.3, 0.4) is 0 Å². The molecule has 1 aliphatic heterocycles. The maximum atomic E-state index is 10.5. The van der Waals surface area contributed by atoms with Crippen molar-refractivity contribution in [2.75, 3.05) is 19.8 Å². The number of hydrogen-bond donors (Lipinski definition) is 2. The zero-order chi connectivity index (χ0) is 14.3. The lowest BCUT2D eigenvalue weighted by atomic mass is 9.80. The highest BCUT2D eigenvalue weighted by atomic mass is 32.1. The molecule has 2 heterocycles. The van der Waals surface area contributed by atoms with Crippen LogP contribution in [0.15, 0.2) is 41.1 Å². The first-order chi connectivity index (χ1) is 10.3. The van der Waals surface area contributed by atoms with E-state index in [1.54, 1.807) is 11.3 Å². The molecule has 1 fully saturated rings. The van der Waals surface area contributed by atoms with Crippen LogP contribution in [0.25, 0.3) is 0 Å². The Labute approximate surface area is 128 Å². The molecule has 2 aliphatic rings. The normalized spacial score (nSPS) is 26.3. The first-order valence-electron chi connectivity index (χ1n) is 7.38. The minimum Gasteiger partial charge on any atom is -0.387 e. The summed E-state index contributed by atoms with van der Waals surface area (Å²) in [6.07, 6.45) is 0.500. The van der Waals surface area contributed by atoms with E-state index < -0.39 is 6.10 Å². The van der Waals surface area contributed by atoms with Gasteiger partial charge in [-0.05, 0) is 39.9 Å². The Hall–Kier alpha value is -1.20. The number of rotatable bonds is 4. The molecule has 2 N–H and O–H groups in total. The van der Waals surface area contributed by atoms with Crippen LogP contribution in [0.1, 0.15) is 22.8 Å². The van der Waals surface area contributed by atoms with E-state index in [1.807, 2.05) is 18.2 Å². The highest BCUT2D eigenvalue weighted by Gasteiger charge is 2.42. The van der Waals surface area contributed by atoms with Gasteiger partial charge in [0.2, 0.25) is 0 Å².